The van der Waals surface area contributed by atoms with E-state index in [1.807, 2.05) is 29.2 Å². The number of benzene rings is 1. The van der Waals surface area contributed by atoms with Crippen molar-refractivity contribution in [3.05, 3.63) is 36.7 Å². The van der Waals surface area contributed by atoms with Crippen LogP contribution < -0.4 is 14.5 Å². The highest BCUT2D eigenvalue weighted by Gasteiger charge is 2.56. The molecule has 0 radical (unpaired) electrons. The topological polar surface area (TPSA) is 104 Å². The normalized spacial score (nSPS) is 23.1. The van der Waals surface area contributed by atoms with E-state index in [0.29, 0.717) is 47.7 Å². The van der Waals surface area contributed by atoms with Crippen LogP contribution in [0.2, 0.25) is 0 Å². The summed E-state index contributed by atoms with van der Waals surface area (Å²) in [6.45, 7) is 1.99. The lowest BCUT2D eigenvalue weighted by atomic mass is 9.78. The zero-order valence-corrected chi connectivity index (χ0v) is 24.1. The third-order valence-corrected chi connectivity index (χ3v) is 9.28. The molecule has 4 aliphatic rings. The van der Waals surface area contributed by atoms with Gasteiger partial charge in [0.25, 0.3) is 0 Å². The molecule has 6 heterocycles. The number of hydrogen-bond acceptors (Lipinski definition) is 10. The number of aliphatic hydroxyl groups excluding tert-OH is 1. The van der Waals surface area contributed by atoms with E-state index >= 15 is 0 Å². The molecule has 1 atom stereocenters. The number of anilines is 3. The summed E-state index contributed by atoms with van der Waals surface area (Å²) in [6, 6.07) is 7.49. The molecule has 2 aromatic heterocycles. The van der Waals surface area contributed by atoms with Crippen LogP contribution in [0.1, 0.15) is 32.1 Å². The van der Waals surface area contributed by atoms with Crippen molar-refractivity contribution in [3.63, 3.8) is 0 Å². The fourth-order valence-electron chi connectivity index (χ4n) is 6.04. The van der Waals surface area contributed by atoms with Crippen LogP contribution in [-0.2, 0) is 4.74 Å². The van der Waals surface area contributed by atoms with Gasteiger partial charge >= 0.3 is 6.18 Å². The highest BCUT2D eigenvalue weighted by molar-refractivity contribution is 8.00. The van der Waals surface area contributed by atoms with Crippen LogP contribution >= 0.6 is 11.9 Å². The second-order valence-electron chi connectivity index (χ2n) is 11.2. The third-order valence-electron chi connectivity index (χ3n) is 8.52. The molecule has 226 valence electrons. The van der Waals surface area contributed by atoms with Crippen LogP contribution in [-0.4, -0.2) is 88.0 Å². The molecule has 1 aromatic carbocycles. The second kappa shape index (κ2) is 12.3. The van der Waals surface area contributed by atoms with Crippen molar-refractivity contribution >= 4 is 29.3 Å². The van der Waals surface area contributed by atoms with Crippen molar-refractivity contribution in [3.8, 4) is 17.1 Å². The molecule has 2 fully saturated rings. The molecule has 0 amide bonds. The Morgan fingerprint density at radius 3 is 2.74 bits per heavy atom. The molecule has 1 unspecified atom stereocenters. The molecule has 2 saturated heterocycles. The Morgan fingerprint density at radius 1 is 1.07 bits per heavy atom. The molecule has 0 aliphatic carbocycles. The van der Waals surface area contributed by atoms with E-state index in [-0.39, 0.29) is 39.1 Å². The Balaban J connectivity index is 1.38. The maximum Gasteiger partial charge on any atom is 0.396 e. The molecule has 7 rings (SSSR count). The average Bonchev–Trinajstić information content (AvgIpc) is 3.49. The van der Waals surface area contributed by atoms with Crippen LogP contribution in [0.4, 0.5) is 30.5 Å². The number of ether oxygens (including phenoxy) is 1. The lowest BCUT2D eigenvalue weighted by Crippen LogP contribution is -2.51. The molecule has 0 saturated carbocycles. The summed E-state index contributed by atoms with van der Waals surface area (Å²) in [5.74, 6) is 1.41. The molecule has 42 heavy (non-hydrogen) atoms. The van der Waals surface area contributed by atoms with Gasteiger partial charge in [0.15, 0.2) is 0 Å². The maximum atomic E-state index is 14.5. The van der Waals surface area contributed by atoms with Gasteiger partial charge in [0.05, 0.1) is 41.9 Å². The molecule has 4 aliphatic heterocycles. The van der Waals surface area contributed by atoms with Crippen LogP contribution in [0.15, 0.2) is 36.7 Å². The minimum absolute atomic E-state index is 0.0290. The lowest BCUT2D eigenvalue weighted by Gasteiger charge is -2.43. The number of rotatable bonds is 4. The highest BCUT2D eigenvalue weighted by atomic mass is 32.2. The first kappa shape index (κ1) is 29.0. The molecule has 10 nitrogen and oxygen atoms in total. The lowest BCUT2D eigenvalue weighted by molar-refractivity contribution is -0.247. The second-order valence-corrected chi connectivity index (χ2v) is 12.1. The molecule has 0 spiro atoms. The smallest absolute Gasteiger partial charge is 0.395 e. The molecular weight excluding hydrogens is 569 g/mol. The molecular formula is C28H35F3N8O2S. The van der Waals surface area contributed by atoms with Gasteiger partial charge in [-0.2, -0.15) is 13.2 Å². The van der Waals surface area contributed by atoms with Gasteiger partial charge < -0.3 is 24.4 Å². The van der Waals surface area contributed by atoms with Crippen molar-refractivity contribution in [1.29, 1.82) is 0 Å². The number of nitrogens with zero attached hydrogens (tertiary/aromatic N) is 7. The first-order chi connectivity index (χ1) is 20.3. The standard InChI is InChI=1S/C28H35F3N8O2S/c29-28(30,31)27-7-11-37(12-8-27)25-16-21(35-42-15-13-40)3-4-24(25)39-18-23(34-36-39)22-5-9-32-26(33-22)38-10-1-2-20(17-38)6-14-41-19-27/h3-5,9,16,18,20,35,40H,1-2,6-8,10-15,17,19H2. The van der Waals surface area contributed by atoms with Gasteiger partial charge in [-0.15, -0.1) is 5.10 Å². The van der Waals surface area contributed by atoms with Crippen LogP contribution in [0, 0.1) is 11.3 Å². The van der Waals surface area contributed by atoms with E-state index in [9.17, 15) is 13.2 Å². The van der Waals surface area contributed by atoms with Crippen LogP contribution in [0.25, 0.3) is 17.1 Å². The molecule has 8 bridgehead atoms. The van der Waals surface area contributed by atoms with Gasteiger partial charge in [-0.1, -0.05) is 17.2 Å². The van der Waals surface area contributed by atoms with Gasteiger partial charge in [-0.25, -0.2) is 14.6 Å². The summed E-state index contributed by atoms with van der Waals surface area (Å²) < 4.78 is 54.3. The van der Waals surface area contributed by atoms with E-state index in [2.05, 4.69) is 24.9 Å². The number of alkyl halides is 3. The maximum absolute atomic E-state index is 14.5. The van der Waals surface area contributed by atoms with Gasteiger partial charge in [0.2, 0.25) is 5.95 Å². The van der Waals surface area contributed by atoms with Crippen LogP contribution in [0.5, 0.6) is 0 Å². The third kappa shape index (κ3) is 6.02. The number of halogens is 3. The quantitative estimate of drug-likeness (QED) is 0.325. The number of hydrogen-bond donors (Lipinski definition) is 2. The monoisotopic (exact) mass is 604 g/mol. The number of nitrogens with one attached hydrogen (secondary N) is 1. The Labute approximate surface area is 246 Å². The van der Waals surface area contributed by atoms with Crippen molar-refractivity contribution in [2.24, 2.45) is 11.3 Å². The first-order valence-electron chi connectivity index (χ1n) is 14.4. The summed E-state index contributed by atoms with van der Waals surface area (Å²) >= 11 is 1.36. The molecule has 3 aromatic rings. The predicted molar refractivity (Wildman–Crippen MR) is 156 cm³/mol. The summed E-state index contributed by atoms with van der Waals surface area (Å²) in [6.07, 6.45) is 1.69. The Morgan fingerprint density at radius 2 is 1.93 bits per heavy atom. The van der Waals surface area contributed by atoms with E-state index in [1.54, 1.807) is 17.1 Å². The van der Waals surface area contributed by atoms with Gasteiger partial charge in [0, 0.05) is 50.4 Å². The Bertz CT molecular complexity index is 1360. The van der Waals surface area contributed by atoms with Crippen molar-refractivity contribution in [2.45, 2.75) is 38.3 Å². The molecule has 14 heteroatoms. The fraction of sp³-hybridized carbons (Fsp3) is 0.571. The first-order valence-corrected chi connectivity index (χ1v) is 15.4. The summed E-state index contributed by atoms with van der Waals surface area (Å²) in [7, 11) is 0. The Kier molecular flexibility index (Phi) is 8.46. The van der Waals surface area contributed by atoms with Crippen molar-refractivity contribution in [2.75, 3.05) is 66.3 Å². The van der Waals surface area contributed by atoms with Crippen molar-refractivity contribution < 1.29 is 23.0 Å². The average molecular weight is 605 g/mol. The summed E-state index contributed by atoms with van der Waals surface area (Å²) in [5, 5.41) is 18.0. The van der Waals surface area contributed by atoms with Gasteiger partial charge in [-0.3, -0.25) is 0 Å². The minimum Gasteiger partial charge on any atom is -0.395 e. The summed E-state index contributed by atoms with van der Waals surface area (Å²) in [4.78, 5) is 13.4. The van der Waals surface area contributed by atoms with Gasteiger partial charge in [0.1, 0.15) is 5.69 Å². The predicted octanol–water partition coefficient (Wildman–Crippen LogP) is 4.56. The van der Waals surface area contributed by atoms with Gasteiger partial charge in [-0.05, 0) is 62.3 Å². The van der Waals surface area contributed by atoms with E-state index < -0.39 is 11.6 Å². The fourth-order valence-corrected chi connectivity index (χ4v) is 6.53. The van der Waals surface area contributed by atoms with E-state index in [4.69, 9.17) is 14.8 Å². The van der Waals surface area contributed by atoms with E-state index in [1.165, 1.54) is 11.9 Å². The number of fused-ring (bicyclic) bond motifs is 5. The highest BCUT2D eigenvalue weighted by Crippen LogP contribution is 2.48. The number of aromatic nitrogens is 5. The zero-order valence-electron chi connectivity index (χ0n) is 23.3. The SMILES string of the molecule is OCCSNc1ccc2c(c1)N1CCC(C(F)(F)F)(CC1)COCCC1CCCN(C1)c1nccc(n1)-c1cn-2nn1. The largest absolute Gasteiger partial charge is 0.396 e. The molecule has 2 N–H and O–H groups in total. The summed E-state index contributed by atoms with van der Waals surface area (Å²) in [5.41, 5.74) is 1.59. The number of aliphatic hydroxyl groups is 1. The number of piperidine rings is 2. The minimum atomic E-state index is -4.37. The van der Waals surface area contributed by atoms with Crippen LogP contribution in [0.3, 0.4) is 0 Å². The van der Waals surface area contributed by atoms with E-state index in [0.717, 1.165) is 37.3 Å². The Hall–Kier alpha value is -3.10. The van der Waals surface area contributed by atoms with Crippen molar-refractivity contribution in [1.82, 2.24) is 25.0 Å². The zero-order chi connectivity index (χ0) is 29.2.